The number of carbonyl (C=O) groups excluding carboxylic acids is 2. The molecule has 6 nitrogen and oxygen atoms in total. The highest BCUT2D eigenvalue weighted by Gasteiger charge is 2.48. The second kappa shape index (κ2) is 6.66. The van der Waals surface area contributed by atoms with Crippen molar-refractivity contribution < 1.29 is 19.1 Å². The Labute approximate surface area is 140 Å². The van der Waals surface area contributed by atoms with Crippen molar-refractivity contribution in [3.63, 3.8) is 0 Å². The number of halogens is 1. The first-order valence-corrected chi connectivity index (χ1v) is 8.73. The summed E-state index contributed by atoms with van der Waals surface area (Å²) in [5.74, 6) is -0.156. The van der Waals surface area contributed by atoms with E-state index in [0.717, 1.165) is 9.35 Å². The van der Waals surface area contributed by atoms with E-state index in [0.29, 0.717) is 19.6 Å². The van der Waals surface area contributed by atoms with Gasteiger partial charge in [0, 0.05) is 16.3 Å². The molecule has 1 aromatic heterocycles. The SMILES string of the molecule is CC(=O)N[C@H]1CO[C@H]2[C@@H]1OC[C@@H]2NC(=O)Cc1sccc1Br. The molecule has 2 saturated heterocycles. The van der Waals surface area contributed by atoms with Crippen LogP contribution in [0.25, 0.3) is 0 Å². The smallest absolute Gasteiger partial charge is 0.225 e. The van der Waals surface area contributed by atoms with Gasteiger partial charge in [0.2, 0.25) is 11.8 Å². The van der Waals surface area contributed by atoms with Crippen molar-refractivity contribution in [3.8, 4) is 0 Å². The van der Waals surface area contributed by atoms with Crippen molar-refractivity contribution in [1.29, 1.82) is 0 Å². The van der Waals surface area contributed by atoms with Gasteiger partial charge in [0.25, 0.3) is 0 Å². The number of nitrogens with one attached hydrogen (secondary N) is 2. The first kappa shape index (κ1) is 15.9. The van der Waals surface area contributed by atoms with Crippen LogP contribution in [-0.4, -0.2) is 49.3 Å². The van der Waals surface area contributed by atoms with Crippen molar-refractivity contribution in [1.82, 2.24) is 10.6 Å². The summed E-state index contributed by atoms with van der Waals surface area (Å²) in [5.41, 5.74) is 0. The van der Waals surface area contributed by atoms with Gasteiger partial charge in [0.1, 0.15) is 12.2 Å². The summed E-state index contributed by atoms with van der Waals surface area (Å²) in [7, 11) is 0. The summed E-state index contributed by atoms with van der Waals surface area (Å²) < 4.78 is 12.4. The zero-order chi connectivity index (χ0) is 15.7. The molecule has 0 radical (unpaired) electrons. The van der Waals surface area contributed by atoms with E-state index >= 15 is 0 Å². The maximum atomic E-state index is 12.2. The van der Waals surface area contributed by atoms with Crippen LogP contribution in [0, 0.1) is 0 Å². The lowest BCUT2D eigenvalue weighted by atomic mass is 10.1. The van der Waals surface area contributed by atoms with E-state index in [4.69, 9.17) is 9.47 Å². The normalized spacial score (nSPS) is 30.1. The molecule has 2 aliphatic rings. The fourth-order valence-electron chi connectivity index (χ4n) is 2.86. The largest absolute Gasteiger partial charge is 0.371 e. The van der Waals surface area contributed by atoms with Crippen molar-refractivity contribution in [2.75, 3.05) is 13.2 Å². The summed E-state index contributed by atoms with van der Waals surface area (Å²) in [5, 5.41) is 7.74. The molecule has 2 N–H and O–H groups in total. The maximum absolute atomic E-state index is 12.2. The number of fused-ring (bicyclic) bond motifs is 1. The molecule has 1 aromatic rings. The summed E-state index contributed by atoms with van der Waals surface area (Å²) in [6, 6.07) is 1.62. The number of ether oxygens (including phenoxy) is 2. The highest BCUT2D eigenvalue weighted by atomic mass is 79.9. The van der Waals surface area contributed by atoms with Crippen molar-refractivity contribution in [2.45, 2.75) is 37.6 Å². The van der Waals surface area contributed by atoms with E-state index in [-0.39, 0.29) is 36.1 Å². The summed E-state index contributed by atoms with van der Waals surface area (Å²) in [6.45, 7) is 2.29. The monoisotopic (exact) mass is 388 g/mol. The molecule has 4 atom stereocenters. The van der Waals surface area contributed by atoms with Gasteiger partial charge in [-0.05, 0) is 27.4 Å². The predicted octanol–water partition coefficient (Wildman–Crippen LogP) is 0.840. The van der Waals surface area contributed by atoms with Crippen LogP contribution in [0.2, 0.25) is 0 Å². The summed E-state index contributed by atoms with van der Waals surface area (Å²) >= 11 is 4.97. The number of carbonyl (C=O) groups is 2. The highest BCUT2D eigenvalue weighted by molar-refractivity contribution is 9.10. The number of thiophene rings is 1. The van der Waals surface area contributed by atoms with Gasteiger partial charge in [-0.15, -0.1) is 11.3 Å². The average Bonchev–Trinajstić information content (AvgIpc) is 3.11. The van der Waals surface area contributed by atoms with Crippen LogP contribution in [0.4, 0.5) is 0 Å². The molecule has 3 rings (SSSR count). The first-order chi connectivity index (χ1) is 10.5. The highest BCUT2D eigenvalue weighted by Crippen LogP contribution is 2.28. The molecular weight excluding hydrogens is 372 g/mol. The fraction of sp³-hybridized carbons (Fsp3) is 0.571. The third-order valence-corrected chi connectivity index (χ3v) is 5.73. The number of hydrogen-bond acceptors (Lipinski definition) is 5. The second-order valence-corrected chi connectivity index (χ2v) is 7.30. The molecule has 0 spiro atoms. The lowest BCUT2D eigenvalue weighted by Gasteiger charge is -2.18. The van der Waals surface area contributed by atoms with Crippen molar-refractivity contribution in [3.05, 3.63) is 20.8 Å². The molecule has 0 bridgehead atoms. The zero-order valence-electron chi connectivity index (χ0n) is 12.0. The zero-order valence-corrected chi connectivity index (χ0v) is 14.4. The van der Waals surface area contributed by atoms with Gasteiger partial charge in [-0.1, -0.05) is 0 Å². The Balaban J connectivity index is 1.55. The molecule has 2 fully saturated rings. The van der Waals surface area contributed by atoms with Crippen LogP contribution in [0.15, 0.2) is 15.9 Å². The Morgan fingerprint density at radius 1 is 1.27 bits per heavy atom. The van der Waals surface area contributed by atoms with Gasteiger partial charge in [-0.3, -0.25) is 9.59 Å². The lowest BCUT2D eigenvalue weighted by molar-refractivity contribution is -0.121. The van der Waals surface area contributed by atoms with Crippen molar-refractivity contribution in [2.24, 2.45) is 0 Å². The van der Waals surface area contributed by atoms with Crippen molar-refractivity contribution >= 4 is 39.1 Å². The number of hydrogen-bond donors (Lipinski definition) is 2. The van der Waals surface area contributed by atoms with E-state index in [1.807, 2.05) is 11.4 Å². The minimum atomic E-state index is -0.201. The molecule has 120 valence electrons. The molecule has 2 aliphatic heterocycles. The minimum absolute atomic E-state index is 0.0519. The molecule has 2 amide bonds. The third kappa shape index (κ3) is 3.34. The van der Waals surface area contributed by atoms with Crippen LogP contribution < -0.4 is 10.6 Å². The van der Waals surface area contributed by atoms with E-state index in [9.17, 15) is 9.59 Å². The molecular formula is C14H17BrN2O4S. The van der Waals surface area contributed by atoms with Crippen LogP contribution in [0.3, 0.4) is 0 Å². The lowest BCUT2D eigenvalue weighted by Crippen LogP contribution is -2.46. The van der Waals surface area contributed by atoms with Gasteiger partial charge in [-0.2, -0.15) is 0 Å². The third-order valence-electron chi connectivity index (χ3n) is 3.80. The first-order valence-electron chi connectivity index (χ1n) is 7.06. The van der Waals surface area contributed by atoms with Crippen LogP contribution in [0.1, 0.15) is 11.8 Å². The standard InChI is InChI=1S/C14H17BrN2O4S/c1-7(18)16-9-5-20-14-10(6-21-13(9)14)17-12(19)4-11-8(15)2-3-22-11/h2-3,9-10,13-14H,4-6H2,1H3,(H,16,18)(H,17,19)/t9-,10-,13+,14+/m0/s1. The molecule has 3 heterocycles. The van der Waals surface area contributed by atoms with Crippen LogP contribution in [-0.2, 0) is 25.5 Å². The Morgan fingerprint density at radius 2 is 1.91 bits per heavy atom. The van der Waals surface area contributed by atoms with Gasteiger partial charge < -0.3 is 20.1 Å². The van der Waals surface area contributed by atoms with E-state index in [1.165, 1.54) is 6.92 Å². The molecule has 22 heavy (non-hydrogen) atoms. The Morgan fingerprint density at radius 3 is 2.45 bits per heavy atom. The van der Waals surface area contributed by atoms with E-state index < -0.39 is 0 Å². The minimum Gasteiger partial charge on any atom is -0.371 e. The molecule has 0 aliphatic carbocycles. The Kier molecular flexibility index (Phi) is 4.82. The van der Waals surface area contributed by atoms with Gasteiger partial charge in [0.15, 0.2) is 0 Å². The maximum Gasteiger partial charge on any atom is 0.225 e. The van der Waals surface area contributed by atoms with Gasteiger partial charge >= 0.3 is 0 Å². The van der Waals surface area contributed by atoms with Gasteiger partial charge in [-0.25, -0.2) is 0 Å². The number of rotatable bonds is 4. The summed E-state index contributed by atoms with van der Waals surface area (Å²) in [4.78, 5) is 24.3. The van der Waals surface area contributed by atoms with E-state index in [1.54, 1.807) is 11.3 Å². The quantitative estimate of drug-likeness (QED) is 0.801. The average molecular weight is 389 g/mol. The van der Waals surface area contributed by atoms with E-state index in [2.05, 4.69) is 26.6 Å². The van der Waals surface area contributed by atoms with Gasteiger partial charge in [0.05, 0.1) is 31.7 Å². The summed E-state index contributed by atoms with van der Waals surface area (Å²) in [6.07, 6.45) is -0.0587. The van der Waals surface area contributed by atoms with Crippen LogP contribution >= 0.6 is 27.3 Å². The second-order valence-electron chi connectivity index (χ2n) is 5.45. The topological polar surface area (TPSA) is 76.7 Å². The number of amides is 2. The molecule has 8 heteroatoms. The molecule has 0 aromatic carbocycles. The van der Waals surface area contributed by atoms with Crippen LogP contribution in [0.5, 0.6) is 0 Å². The predicted molar refractivity (Wildman–Crippen MR) is 84.7 cm³/mol. The Bertz CT molecular complexity index is 579. The Hall–Kier alpha value is -0.960. The molecule has 0 unspecified atom stereocenters. The fourth-order valence-corrected chi connectivity index (χ4v) is 4.35. The molecule has 0 saturated carbocycles.